The summed E-state index contributed by atoms with van der Waals surface area (Å²) in [4.78, 5) is 36.0. The van der Waals surface area contributed by atoms with E-state index in [1.807, 2.05) is 27.7 Å². The molecule has 0 aromatic heterocycles. The number of hydrogen-bond donors (Lipinski definition) is 8. The van der Waals surface area contributed by atoms with Crippen LogP contribution in [-0.4, -0.2) is 90.0 Å². The molecule has 13 heteroatoms. The van der Waals surface area contributed by atoms with Crippen LogP contribution < -0.4 is 11.5 Å². The first kappa shape index (κ1) is 40.1. The van der Waals surface area contributed by atoms with Crippen LogP contribution in [0.15, 0.2) is 0 Å². The Bertz CT molecular complexity index is 459. The molecule has 0 spiro atoms. The highest BCUT2D eigenvalue weighted by atomic mass is 16.5. The average Bonchev–Trinajstić information content (AvgIpc) is 2.56. The SMILES string of the molecule is CC(=O)O.CC(=O)O.CC(=O)O.CC(=O)O.CC1(C)CCC(O)C(C)(C)N1O.NCCN. The van der Waals surface area contributed by atoms with Crippen molar-refractivity contribution in [3.05, 3.63) is 0 Å². The maximum Gasteiger partial charge on any atom is 0.300 e. The number of aliphatic carboxylic acids is 4. The Labute approximate surface area is 189 Å². The van der Waals surface area contributed by atoms with Crippen molar-refractivity contribution in [3.8, 4) is 0 Å². The van der Waals surface area contributed by atoms with E-state index in [9.17, 15) is 10.3 Å². The van der Waals surface area contributed by atoms with E-state index in [0.29, 0.717) is 13.1 Å². The second kappa shape index (κ2) is 21.9. The molecule has 0 bridgehead atoms. The second-order valence-electron chi connectivity index (χ2n) is 7.49. The van der Waals surface area contributed by atoms with Gasteiger partial charge in [-0.15, -0.1) is 0 Å². The van der Waals surface area contributed by atoms with Crippen molar-refractivity contribution in [1.29, 1.82) is 0 Å². The van der Waals surface area contributed by atoms with Crippen molar-refractivity contribution in [2.45, 2.75) is 85.4 Å². The van der Waals surface area contributed by atoms with Crippen molar-refractivity contribution in [3.63, 3.8) is 0 Å². The molecule has 1 unspecified atom stereocenters. The monoisotopic (exact) mass is 473 g/mol. The molecule has 10 N–H and O–H groups in total. The highest BCUT2D eigenvalue weighted by molar-refractivity contribution is 5.63. The summed E-state index contributed by atoms with van der Waals surface area (Å²) >= 11 is 0. The Kier molecular flexibility index (Phi) is 27.4. The lowest BCUT2D eigenvalue weighted by Gasteiger charge is -2.51. The van der Waals surface area contributed by atoms with E-state index < -0.39 is 35.5 Å². The van der Waals surface area contributed by atoms with Crippen LogP contribution in [0.5, 0.6) is 0 Å². The third-order valence-corrected chi connectivity index (χ3v) is 3.13. The third kappa shape index (κ3) is 38.3. The molecule has 0 aromatic carbocycles. The smallest absolute Gasteiger partial charge is 0.300 e. The Morgan fingerprint density at radius 1 is 0.781 bits per heavy atom. The fourth-order valence-electron chi connectivity index (χ4n) is 1.87. The predicted molar refractivity (Wildman–Crippen MR) is 118 cm³/mol. The number of carboxylic acid groups (broad SMARTS) is 4. The van der Waals surface area contributed by atoms with Gasteiger partial charge in [-0.2, -0.15) is 5.06 Å². The van der Waals surface area contributed by atoms with E-state index in [1.165, 1.54) is 5.06 Å². The zero-order valence-corrected chi connectivity index (χ0v) is 20.3. The van der Waals surface area contributed by atoms with Gasteiger partial charge in [0, 0.05) is 46.3 Å². The van der Waals surface area contributed by atoms with Gasteiger partial charge >= 0.3 is 0 Å². The summed E-state index contributed by atoms with van der Waals surface area (Å²) in [6, 6.07) is 0. The number of piperidine rings is 1. The van der Waals surface area contributed by atoms with Crippen LogP contribution in [0, 0.1) is 0 Å². The fraction of sp³-hybridized carbons (Fsp3) is 0.789. The summed E-state index contributed by atoms with van der Waals surface area (Å²) < 4.78 is 0. The topological polar surface area (TPSA) is 245 Å². The standard InChI is InChI=1S/C9H19NO2.C2H8N2.4C2H4O2/c1-8(2)6-5-7(11)9(3,4)10(8)12;3-1-2-4;4*1-2(3)4/h7,11-12H,5-6H2,1-4H3;1-4H2;4*1H3,(H,3,4). The largest absolute Gasteiger partial charge is 0.481 e. The summed E-state index contributed by atoms with van der Waals surface area (Å²) in [5.41, 5.74) is 9.06. The number of hydroxylamine groups is 2. The van der Waals surface area contributed by atoms with E-state index >= 15 is 0 Å². The first-order chi connectivity index (χ1) is 14.1. The quantitative estimate of drug-likeness (QED) is 0.261. The number of nitrogens with zero attached hydrogens (tertiary/aromatic N) is 1. The van der Waals surface area contributed by atoms with Gasteiger partial charge in [-0.25, -0.2) is 0 Å². The lowest BCUT2D eigenvalue weighted by molar-refractivity contribution is -0.269. The number of nitrogens with two attached hydrogens (primary N) is 2. The Hall–Kier alpha value is -2.32. The first-order valence-electron chi connectivity index (χ1n) is 9.48. The van der Waals surface area contributed by atoms with Crippen molar-refractivity contribution in [2.24, 2.45) is 11.5 Å². The minimum Gasteiger partial charge on any atom is -0.481 e. The first-order valence-corrected chi connectivity index (χ1v) is 9.48. The molecule has 1 aliphatic rings. The van der Waals surface area contributed by atoms with Gasteiger partial charge in [0.05, 0.1) is 11.6 Å². The number of hydrogen-bond acceptors (Lipinski definition) is 9. The molecule has 0 amide bonds. The Morgan fingerprint density at radius 2 is 1.00 bits per heavy atom. The zero-order chi connectivity index (χ0) is 27.3. The average molecular weight is 474 g/mol. The molecular formula is C19H43N3O10. The van der Waals surface area contributed by atoms with Gasteiger partial charge in [-0.05, 0) is 40.5 Å². The van der Waals surface area contributed by atoms with Crippen molar-refractivity contribution >= 4 is 23.9 Å². The second-order valence-corrected chi connectivity index (χ2v) is 7.49. The van der Waals surface area contributed by atoms with Crippen molar-refractivity contribution in [1.82, 2.24) is 5.06 Å². The molecule has 1 saturated heterocycles. The Morgan fingerprint density at radius 3 is 1.16 bits per heavy atom. The fourth-order valence-corrected chi connectivity index (χ4v) is 1.87. The number of aliphatic hydroxyl groups is 1. The molecule has 32 heavy (non-hydrogen) atoms. The van der Waals surface area contributed by atoms with Crippen molar-refractivity contribution in [2.75, 3.05) is 13.1 Å². The molecule has 1 fully saturated rings. The minimum absolute atomic E-state index is 0.220. The van der Waals surface area contributed by atoms with Crippen LogP contribution in [-0.2, 0) is 19.2 Å². The number of carbonyl (C=O) groups is 4. The van der Waals surface area contributed by atoms with Crippen LogP contribution in [0.2, 0.25) is 0 Å². The van der Waals surface area contributed by atoms with E-state index in [1.54, 1.807) is 0 Å². The van der Waals surface area contributed by atoms with Crippen LogP contribution in [0.25, 0.3) is 0 Å². The third-order valence-electron chi connectivity index (χ3n) is 3.13. The van der Waals surface area contributed by atoms with E-state index in [2.05, 4.69) is 0 Å². The molecule has 1 heterocycles. The number of carboxylic acids is 4. The summed E-state index contributed by atoms with van der Waals surface area (Å²) in [6.45, 7) is 13.2. The molecule has 1 atom stereocenters. The Balaban J connectivity index is -0.000000102. The van der Waals surface area contributed by atoms with Gasteiger partial charge in [-0.1, -0.05) is 0 Å². The summed E-state index contributed by atoms with van der Waals surface area (Å²) in [5, 5.41) is 50.4. The van der Waals surface area contributed by atoms with Crippen LogP contribution in [0.1, 0.15) is 68.2 Å². The summed E-state index contributed by atoms with van der Waals surface area (Å²) in [6.07, 6.45) is 1.15. The summed E-state index contributed by atoms with van der Waals surface area (Å²) in [7, 11) is 0. The van der Waals surface area contributed by atoms with Gasteiger partial charge in [0.25, 0.3) is 23.9 Å². The van der Waals surface area contributed by atoms with Crippen LogP contribution in [0.4, 0.5) is 0 Å². The minimum atomic E-state index is -0.833. The highest BCUT2D eigenvalue weighted by Crippen LogP contribution is 2.36. The lowest BCUT2D eigenvalue weighted by Crippen LogP contribution is -2.62. The van der Waals surface area contributed by atoms with E-state index in [4.69, 9.17) is 51.1 Å². The normalized spacial score (nSPS) is 17.2. The van der Waals surface area contributed by atoms with E-state index in [0.717, 1.165) is 40.5 Å². The van der Waals surface area contributed by atoms with Gasteiger partial charge in [-0.3, -0.25) is 19.2 Å². The van der Waals surface area contributed by atoms with Crippen LogP contribution in [0.3, 0.4) is 0 Å². The maximum atomic E-state index is 9.81. The zero-order valence-electron chi connectivity index (χ0n) is 20.3. The molecule has 0 saturated carbocycles. The molecule has 0 aliphatic carbocycles. The molecular weight excluding hydrogens is 430 g/mol. The molecule has 194 valence electrons. The van der Waals surface area contributed by atoms with Crippen molar-refractivity contribution < 1.29 is 49.9 Å². The molecule has 0 aromatic rings. The van der Waals surface area contributed by atoms with Gasteiger partial charge < -0.3 is 42.2 Å². The molecule has 13 nitrogen and oxygen atoms in total. The highest BCUT2D eigenvalue weighted by Gasteiger charge is 2.46. The van der Waals surface area contributed by atoms with Crippen LogP contribution >= 0.6 is 0 Å². The summed E-state index contributed by atoms with van der Waals surface area (Å²) in [5.74, 6) is -3.33. The van der Waals surface area contributed by atoms with Gasteiger partial charge in [0.1, 0.15) is 0 Å². The molecule has 1 aliphatic heterocycles. The number of rotatable bonds is 1. The number of aliphatic hydroxyl groups excluding tert-OH is 1. The lowest BCUT2D eigenvalue weighted by atomic mass is 9.80. The molecule has 0 radical (unpaired) electrons. The van der Waals surface area contributed by atoms with E-state index in [-0.39, 0.29) is 5.54 Å². The van der Waals surface area contributed by atoms with Gasteiger partial charge in [0.15, 0.2) is 0 Å². The van der Waals surface area contributed by atoms with Gasteiger partial charge in [0.2, 0.25) is 0 Å². The molecule has 1 rings (SSSR count). The maximum absolute atomic E-state index is 9.81. The predicted octanol–water partition coefficient (Wildman–Crippen LogP) is 0.657.